The first-order valence-electron chi connectivity index (χ1n) is 4.95. The normalized spacial score (nSPS) is 22.5. The van der Waals surface area contributed by atoms with Gasteiger partial charge in [-0.1, -0.05) is 19.3 Å². The first kappa shape index (κ1) is 10.0. The molecule has 1 rings (SSSR count). The summed E-state index contributed by atoms with van der Waals surface area (Å²) < 4.78 is 0. The van der Waals surface area contributed by atoms with E-state index in [1.165, 1.54) is 38.0 Å². The third kappa shape index (κ3) is 3.55. The Labute approximate surface area is 74.6 Å². The van der Waals surface area contributed by atoms with E-state index in [2.05, 4.69) is 0 Å². The van der Waals surface area contributed by atoms with Gasteiger partial charge in [-0.2, -0.15) is 0 Å². The Morgan fingerprint density at radius 2 is 1.83 bits per heavy atom. The average Bonchev–Trinajstić information content (AvgIpc) is 2.06. The second-order valence-electron chi connectivity index (χ2n) is 3.68. The summed E-state index contributed by atoms with van der Waals surface area (Å²) in [6, 6.07) is 0. The van der Waals surface area contributed by atoms with Crippen LogP contribution in [0.1, 0.15) is 44.9 Å². The Hall–Kier alpha value is -0.0800. The van der Waals surface area contributed by atoms with Gasteiger partial charge in [-0.15, -0.1) is 0 Å². The van der Waals surface area contributed by atoms with Crippen molar-refractivity contribution in [3.05, 3.63) is 5.92 Å². The van der Waals surface area contributed by atoms with Gasteiger partial charge in [0, 0.05) is 6.61 Å². The van der Waals surface area contributed by atoms with Crippen LogP contribution in [-0.2, 0) is 0 Å². The smallest absolute Gasteiger partial charge is 0.0567 e. The van der Waals surface area contributed by atoms with Crippen molar-refractivity contribution in [2.45, 2.75) is 51.0 Å². The third-order valence-electron chi connectivity index (χ3n) is 2.55. The summed E-state index contributed by atoms with van der Waals surface area (Å²) in [6.45, 7) is 0.106. The lowest BCUT2D eigenvalue weighted by atomic mass is 9.85. The summed E-state index contributed by atoms with van der Waals surface area (Å²) in [5, 5.41) is 18.0. The summed E-state index contributed by atoms with van der Waals surface area (Å²) in [7, 11) is 0. The largest absolute Gasteiger partial charge is 0.396 e. The van der Waals surface area contributed by atoms with Gasteiger partial charge < -0.3 is 10.2 Å². The van der Waals surface area contributed by atoms with Crippen LogP contribution < -0.4 is 0 Å². The van der Waals surface area contributed by atoms with E-state index < -0.39 is 0 Å². The minimum absolute atomic E-state index is 0.106. The van der Waals surface area contributed by atoms with Crippen LogP contribution in [0.3, 0.4) is 0 Å². The van der Waals surface area contributed by atoms with Crippen molar-refractivity contribution in [2.75, 3.05) is 6.61 Å². The fourth-order valence-corrected chi connectivity index (χ4v) is 1.84. The zero-order valence-electron chi connectivity index (χ0n) is 7.63. The van der Waals surface area contributed by atoms with Crippen molar-refractivity contribution in [3.63, 3.8) is 0 Å². The minimum atomic E-state index is -0.303. The van der Waals surface area contributed by atoms with E-state index in [1.807, 2.05) is 0 Å². The lowest BCUT2D eigenvalue weighted by molar-refractivity contribution is 0.124. The van der Waals surface area contributed by atoms with Gasteiger partial charge in [-0.3, -0.25) is 0 Å². The number of aliphatic hydroxyl groups is 2. The summed E-state index contributed by atoms with van der Waals surface area (Å²) in [5.41, 5.74) is 0. The Bertz CT molecular complexity index is 108. The molecule has 0 heterocycles. The van der Waals surface area contributed by atoms with E-state index in [-0.39, 0.29) is 12.7 Å². The highest BCUT2D eigenvalue weighted by Crippen LogP contribution is 2.29. The molecule has 1 saturated carbocycles. The fourth-order valence-electron chi connectivity index (χ4n) is 1.84. The molecule has 12 heavy (non-hydrogen) atoms. The predicted molar refractivity (Wildman–Crippen MR) is 48.7 cm³/mol. The van der Waals surface area contributed by atoms with E-state index >= 15 is 0 Å². The summed E-state index contributed by atoms with van der Waals surface area (Å²) in [6.07, 6.45) is 7.37. The van der Waals surface area contributed by atoms with Gasteiger partial charge in [0.05, 0.1) is 6.10 Å². The monoisotopic (exact) mass is 171 g/mol. The van der Waals surface area contributed by atoms with Crippen LogP contribution in [0.2, 0.25) is 0 Å². The molecule has 0 aromatic heterocycles. The molecular formula is C10H19O2. The molecule has 0 amide bonds. The van der Waals surface area contributed by atoms with Crippen LogP contribution in [0.4, 0.5) is 0 Å². The van der Waals surface area contributed by atoms with Gasteiger partial charge >= 0.3 is 0 Å². The summed E-state index contributed by atoms with van der Waals surface area (Å²) in [5.74, 6) is 1.50. The molecule has 2 nitrogen and oxygen atoms in total. The topological polar surface area (TPSA) is 40.5 Å². The number of rotatable bonds is 4. The fraction of sp³-hybridized carbons (Fsp3) is 0.900. The lowest BCUT2D eigenvalue weighted by Gasteiger charge is -2.23. The average molecular weight is 171 g/mol. The van der Waals surface area contributed by atoms with Gasteiger partial charge in [0.25, 0.3) is 0 Å². The van der Waals surface area contributed by atoms with E-state index in [4.69, 9.17) is 5.11 Å². The zero-order chi connectivity index (χ0) is 8.81. The molecule has 0 bridgehead atoms. The quantitative estimate of drug-likeness (QED) is 0.675. The molecule has 0 aromatic carbocycles. The SMILES string of the molecule is OCCC(O)C[C]1CCCCC1. The van der Waals surface area contributed by atoms with Crippen molar-refractivity contribution in [2.24, 2.45) is 0 Å². The maximum atomic E-state index is 9.42. The van der Waals surface area contributed by atoms with Crippen molar-refractivity contribution < 1.29 is 10.2 Å². The van der Waals surface area contributed by atoms with E-state index in [9.17, 15) is 5.11 Å². The van der Waals surface area contributed by atoms with Crippen molar-refractivity contribution in [1.29, 1.82) is 0 Å². The molecule has 0 aliphatic heterocycles. The Morgan fingerprint density at radius 1 is 1.17 bits per heavy atom. The standard InChI is InChI=1S/C10H19O2/c11-7-6-10(12)8-9-4-2-1-3-5-9/h10-12H,1-8H2. The molecule has 0 spiro atoms. The van der Waals surface area contributed by atoms with Crippen LogP contribution in [0.15, 0.2) is 0 Å². The highest BCUT2D eigenvalue weighted by Gasteiger charge is 2.17. The molecule has 1 aliphatic rings. The van der Waals surface area contributed by atoms with Crippen LogP contribution >= 0.6 is 0 Å². The summed E-state index contributed by atoms with van der Waals surface area (Å²) >= 11 is 0. The highest BCUT2D eigenvalue weighted by molar-refractivity contribution is 4.94. The van der Waals surface area contributed by atoms with E-state index in [1.54, 1.807) is 0 Å². The molecule has 2 N–H and O–H groups in total. The molecule has 0 aromatic rings. The van der Waals surface area contributed by atoms with Crippen LogP contribution in [0, 0.1) is 5.92 Å². The molecule has 1 aliphatic carbocycles. The van der Waals surface area contributed by atoms with Crippen LogP contribution in [-0.4, -0.2) is 22.9 Å². The second kappa shape index (κ2) is 5.55. The van der Waals surface area contributed by atoms with Crippen LogP contribution in [0.25, 0.3) is 0 Å². The van der Waals surface area contributed by atoms with E-state index in [0.29, 0.717) is 6.42 Å². The van der Waals surface area contributed by atoms with Crippen molar-refractivity contribution in [3.8, 4) is 0 Å². The molecule has 71 valence electrons. The summed E-state index contributed by atoms with van der Waals surface area (Å²) in [4.78, 5) is 0. The maximum Gasteiger partial charge on any atom is 0.0567 e. The lowest BCUT2D eigenvalue weighted by Crippen LogP contribution is -2.15. The molecular weight excluding hydrogens is 152 g/mol. The predicted octanol–water partition coefficient (Wildman–Crippen LogP) is 1.66. The molecule has 1 fully saturated rings. The molecule has 2 heteroatoms. The van der Waals surface area contributed by atoms with Gasteiger partial charge in [-0.05, 0) is 31.6 Å². The van der Waals surface area contributed by atoms with Crippen molar-refractivity contribution >= 4 is 0 Å². The zero-order valence-corrected chi connectivity index (χ0v) is 7.63. The highest BCUT2D eigenvalue weighted by atomic mass is 16.3. The molecule has 0 saturated heterocycles. The Balaban J connectivity index is 2.11. The van der Waals surface area contributed by atoms with Gasteiger partial charge in [-0.25, -0.2) is 0 Å². The molecule has 1 radical (unpaired) electrons. The Morgan fingerprint density at radius 3 is 2.42 bits per heavy atom. The number of aliphatic hydroxyl groups excluding tert-OH is 2. The van der Waals surface area contributed by atoms with Crippen LogP contribution in [0.5, 0.6) is 0 Å². The maximum absolute atomic E-state index is 9.42. The van der Waals surface area contributed by atoms with Gasteiger partial charge in [0.2, 0.25) is 0 Å². The molecule has 1 atom stereocenters. The number of hydrogen-bond acceptors (Lipinski definition) is 2. The second-order valence-corrected chi connectivity index (χ2v) is 3.68. The van der Waals surface area contributed by atoms with Crippen molar-refractivity contribution in [1.82, 2.24) is 0 Å². The van der Waals surface area contributed by atoms with E-state index in [0.717, 1.165) is 6.42 Å². The number of hydrogen-bond donors (Lipinski definition) is 2. The van der Waals surface area contributed by atoms with Gasteiger partial charge in [0.15, 0.2) is 0 Å². The first-order valence-corrected chi connectivity index (χ1v) is 4.95. The Kier molecular flexibility index (Phi) is 4.62. The minimum Gasteiger partial charge on any atom is -0.396 e. The molecule has 1 unspecified atom stereocenters. The van der Waals surface area contributed by atoms with Gasteiger partial charge in [0.1, 0.15) is 0 Å². The third-order valence-corrected chi connectivity index (χ3v) is 2.55. The first-order chi connectivity index (χ1) is 5.83.